The maximum absolute atomic E-state index is 13.7. The molecule has 3 aromatic heterocycles. The molecule has 186 valence electrons. The minimum absolute atomic E-state index is 0.0311. The second-order valence-corrected chi connectivity index (χ2v) is 8.14. The van der Waals surface area contributed by atoms with Gasteiger partial charge in [0.05, 0.1) is 22.5 Å². The van der Waals surface area contributed by atoms with Crippen molar-refractivity contribution >= 4 is 28.7 Å². The van der Waals surface area contributed by atoms with Crippen LogP contribution in [0.1, 0.15) is 26.3 Å². The first-order valence-electron chi connectivity index (χ1n) is 10.9. The second kappa shape index (κ2) is 8.90. The number of carbonyl (C=O) groups is 2. The van der Waals surface area contributed by atoms with Crippen LogP contribution < -0.4 is 11.1 Å². The smallest absolute Gasteiger partial charge is 0.366 e. The van der Waals surface area contributed by atoms with Gasteiger partial charge >= 0.3 is 6.18 Å². The van der Waals surface area contributed by atoms with Gasteiger partial charge in [-0.15, -0.1) is 0 Å². The van der Waals surface area contributed by atoms with Gasteiger partial charge in [0.15, 0.2) is 5.82 Å². The summed E-state index contributed by atoms with van der Waals surface area (Å²) < 4.78 is 43.9. The van der Waals surface area contributed by atoms with Crippen molar-refractivity contribution in [3.05, 3.63) is 89.7 Å². The van der Waals surface area contributed by atoms with Crippen molar-refractivity contribution in [2.75, 3.05) is 5.32 Å². The molecule has 0 bridgehead atoms. The Morgan fingerprint density at radius 3 is 2.38 bits per heavy atom. The average molecular weight is 505 g/mol. The number of alkyl halides is 3. The monoisotopic (exact) mass is 505 g/mol. The number of carbonyl (C=O) groups excluding carboxylic acids is 2. The van der Waals surface area contributed by atoms with Crippen LogP contribution in [0, 0.1) is 0 Å². The van der Waals surface area contributed by atoms with Crippen LogP contribution >= 0.6 is 0 Å². The summed E-state index contributed by atoms with van der Waals surface area (Å²) >= 11 is 0. The van der Waals surface area contributed by atoms with Crippen molar-refractivity contribution in [1.29, 1.82) is 0 Å². The fraction of sp³-hybridized carbons (Fsp3) is 0.0800. The zero-order valence-corrected chi connectivity index (χ0v) is 19.2. The number of nitrogens with zero attached hydrogens (tertiary/aromatic N) is 5. The number of halogens is 3. The number of nitrogens with one attached hydrogen (secondary N) is 1. The van der Waals surface area contributed by atoms with E-state index in [1.54, 1.807) is 37.4 Å². The third-order valence-electron chi connectivity index (χ3n) is 5.61. The first kappa shape index (κ1) is 23.7. The molecule has 2 aromatic carbocycles. The molecule has 0 aliphatic carbocycles. The summed E-state index contributed by atoms with van der Waals surface area (Å²) in [6.45, 7) is 0. The summed E-state index contributed by atoms with van der Waals surface area (Å²) in [4.78, 5) is 29.2. The lowest BCUT2D eigenvalue weighted by atomic mass is 10.0. The second-order valence-electron chi connectivity index (χ2n) is 8.14. The minimum atomic E-state index is -4.65. The van der Waals surface area contributed by atoms with Crippen LogP contribution in [-0.4, -0.2) is 36.4 Å². The molecule has 9 nitrogen and oxygen atoms in total. The molecular weight excluding hydrogens is 487 g/mol. The fourth-order valence-corrected chi connectivity index (χ4v) is 3.86. The topological polar surface area (TPSA) is 121 Å². The summed E-state index contributed by atoms with van der Waals surface area (Å²) in [7, 11) is 1.58. The van der Waals surface area contributed by atoms with Gasteiger partial charge in [-0.3, -0.25) is 14.3 Å². The van der Waals surface area contributed by atoms with Crippen LogP contribution in [0.2, 0.25) is 0 Å². The number of nitrogens with two attached hydrogens (primary N) is 1. The minimum Gasteiger partial charge on any atom is -0.366 e. The highest BCUT2D eigenvalue weighted by Crippen LogP contribution is 2.37. The molecule has 3 heterocycles. The molecular formula is C25H18F3N7O2. The van der Waals surface area contributed by atoms with Crippen LogP contribution in [0.5, 0.6) is 0 Å². The summed E-state index contributed by atoms with van der Waals surface area (Å²) in [6, 6.07) is 14.8. The molecule has 0 saturated heterocycles. The molecule has 0 radical (unpaired) electrons. The zero-order chi connectivity index (χ0) is 26.3. The lowest BCUT2D eigenvalue weighted by Crippen LogP contribution is -2.17. The highest BCUT2D eigenvalue weighted by molar-refractivity contribution is 6.08. The van der Waals surface area contributed by atoms with Crippen molar-refractivity contribution in [2.45, 2.75) is 6.18 Å². The van der Waals surface area contributed by atoms with Crippen molar-refractivity contribution in [1.82, 2.24) is 24.5 Å². The van der Waals surface area contributed by atoms with E-state index < -0.39 is 23.6 Å². The molecule has 3 N–H and O–H groups in total. The molecule has 0 saturated carbocycles. The number of para-hydroxylation sites is 1. The van der Waals surface area contributed by atoms with E-state index in [0.29, 0.717) is 5.69 Å². The number of aryl methyl sites for hydroxylation is 1. The Morgan fingerprint density at radius 2 is 1.73 bits per heavy atom. The van der Waals surface area contributed by atoms with E-state index in [9.17, 15) is 22.8 Å². The summed E-state index contributed by atoms with van der Waals surface area (Å²) in [5, 5.41) is 11.2. The van der Waals surface area contributed by atoms with E-state index in [0.717, 1.165) is 18.2 Å². The lowest BCUT2D eigenvalue weighted by Gasteiger charge is -2.14. The molecule has 0 fully saturated rings. The van der Waals surface area contributed by atoms with Gasteiger partial charge in [-0.2, -0.15) is 23.4 Å². The third kappa shape index (κ3) is 4.51. The molecule has 5 aromatic rings. The Hall–Kier alpha value is -5.00. The van der Waals surface area contributed by atoms with Gasteiger partial charge in [0.2, 0.25) is 5.91 Å². The highest BCUT2D eigenvalue weighted by atomic mass is 19.4. The van der Waals surface area contributed by atoms with Crippen molar-refractivity contribution < 1.29 is 22.8 Å². The Morgan fingerprint density at radius 1 is 0.973 bits per heavy atom. The Kier molecular flexibility index (Phi) is 5.71. The number of aromatic nitrogens is 5. The number of amides is 2. The van der Waals surface area contributed by atoms with Gasteiger partial charge < -0.3 is 11.1 Å². The normalized spacial score (nSPS) is 11.6. The van der Waals surface area contributed by atoms with Crippen LogP contribution in [0.25, 0.3) is 28.0 Å². The first-order chi connectivity index (χ1) is 17.6. The summed E-state index contributed by atoms with van der Waals surface area (Å²) in [5.41, 5.74) is 5.52. The summed E-state index contributed by atoms with van der Waals surface area (Å²) in [6.07, 6.45) is -1.88. The van der Waals surface area contributed by atoms with Crippen molar-refractivity contribution in [3.63, 3.8) is 0 Å². The van der Waals surface area contributed by atoms with Gasteiger partial charge in [-0.05, 0) is 42.5 Å². The van der Waals surface area contributed by atoms with Gasteiger partial charge in [0.25, 0.3) is 5.91 Å². The fourth-order valence-electron chi connectivity index (χ4n) is 3.86. The zero-order valence-electron chi connectivity index (χ0n) is 19.2. The van der Waals surface area contributed by atoms with E-state index in [4.69, 9.17) is 5.73 Å². The number of hydrogen-bond donors (Lipinski definition) is 2. The van der Waals surface area contributed by atoms with Gasteiger partial charge in [-0.25, -0.2) is 9.67 Å². The quantitative estimate of drug-likeness (QED) is 0.371. The van der Waals surface area contributed by atoms with Crippen molar-refractivity contribution in [2.24, 2.45) is 12.8 Å². The van der Waals surface area contributed by atoms with E-state index in [1.807, 2.05) is 0 Å². The molecule has 0 aliphatic heterocycles. The maximum Gasteiger partial charge on any atom is 0.417 e. The number of anilines is 1. The van der Waals surface area contributed by atoms with E-state index in [1.165, 1.54) is 33.9 Å². The predicted octanol–water partition coefficient (Wildman–Crippen LogP) is 4.19. The molecule has 0 spiro atoms. The average Bonchev–Trinajstić information content (AvgIpc) is 3.47. The van der Waals surface area contributed by atoms with Crippen molar-refractivity contribution in [3.8, 4) is 16.9 Å². The van der Waals surface area contributed by atoms with Crippen LogP contribution in [0.15, 0.2) is 73.1 Å². The standard InChI is InChI=1S/C25H18F3N7O2/c1-34-10-9-19(32-34)17-11-14(7-8-18(17)25(26,27)28)24(37)31-23-21-20(12-15(13-30-21)22(29)36)33-35(23)16-5-3-2-4-6-16/h2-13H,1H3,(H2,29,36)(H,31,37). The van der Waals surface area contributed by atoms with Crippen LogP contribution in [0.3, 0.4) is 0 Å². The van der Waals surface area contributed by atoms with Crippen LogP contribution in [-0.2, 0) is 13.2 Å². The number of hydrogen-bond acceptors (Lipinski definition) is 5. The number of fused-ring (bicyclic) bond motifs is 1. The third-order valence-corrected chi connectivity index (χ3v) is 5.61. The Bertz CT molecular complexity index is 1660. The number of primary amides is 1. The van der Waals surface area contributed by atoms with E-state index in [-0.39, 0.29) is 39.2 Å². The molecule has 2 amide bonds. The van der Waals surface area contributed by atoms with E-state index >= 15 is 0 Å². The van der Waals surface area contributed by atoms with Gasteiger partial charge in [-0.1, -0.05) is 18.2 Å². The number of rotatable bonds is 5. The molecule has 37 heavy (non-hydrogen) atoms. The number of pyridine rings is 1. The molecule has 0 aliphatic rings. The Labute approximate surface area is 207 Å². The Balaban J connectivity index is 1.60. The summed E-state index contributed by atoms with van der Waals surface area (Å²) in [5.74, 6) is -1.21. The number of benzene rings is 2. The lowest BCUT2D eigenvalue weighted by molar-refractivity contribution is -0.137. The maximum atomic E-state index is 13.7. The largest absolute Gasteiger partial charge is 0.417 e. The SMILES string of the molecule is Cn1ccc(-c2cc(C(=O)Nc3c4ncc(C(N)=O)cc4nn3-c3ccccc3)ccc2C(F)(F)F)n1. The molecule has 0 atom stereocenters. The van der Waals surface area contributed by atoms with Gasteiger partial charge in [0.1, 0.15) is 11.0 Å². The van der Waals surface area contributed by atoms with Gasteiger partial charge in [0, 0.05) is 30.6 Å². The van der Waals surface area contributed by atoms with Crippen LogP contribution in [0.4, 0.5) is 19.0 Å². The molecule has 12 heteroatoms. The predicted molar refractivity (Wildman–Crippen MR) is 129 cm³/mol. The van der Waals surface area contributed by atoms with E-state index in [2.05, 4.69) is 20.5 Å². The highest BCUT2D eigenvalue weighted by Gasteiger charge is 2.34. The molecule has 5 rings (SSSR count). The first-order valence-corrected chi connectivity index (χ1v) is 10.9. The molecule has 0 unspecified atom stereocenters.